The van der Waals surface area contributed by atoms with E-state index in [0.29, 0.717) is 5.17 Å². The smallest absolute Gasteiger partial charge is 0.258 e. The third-order valence-corrected chi connectivity index (χ3v) is 3.26. The number of amides is 3. The molecule has 1 atom stereocenters. The maximum atomic E-state index is 11.5. The van der Waals surface area contributed by atoms with Crippen molar-refractivity contribution in [1.29, 1.82) is 0 Å². The monoisotopic (exact) mass is 227 g/mol. The first-order valence-corrected chi connectivity index (χ1v) is 5.40. The molecule has 2 aliphatic heterocycles. The highest BCUT2D eigenvalue weighted by atomic mass is 32.2. The average molecular weight is 227 g/mol. The van der Waals surface area contributed by atoms with E-state index in [1.54, 1.807) is 0 Å². The number of likely N-dealkylation sites (tertiary alicyclic amines) is 1. The van der Waals surface area contributed by atoms with Crippen LogP contribution in [0.1, 0.15) is 6.42 Å². The molecule has 2 aliphatic rings. The van der Waals surface area contributed by atoms with Crippen molar-refractivity contribution in [3.63, 3.8) is 0 Å². The van der Waals surface area contributed by atoms with Crippen LogP contribution in [-0.4, -0.2) is 40.1 Å². The molecule has 0 aliphatic carbocycles. The molecule has 2 N–H and O–H groups in total. The van der Waals surface area contributed by atoms with Gasteiger partial charge in [-0.2, -0.15) is 4.99 Å². The van der Waals surface area contributed by atoms with Crippen LogP contribution in [0, 0.1) is 5.92 Å². The van der Waals surface area contributed by atoms with E-state index in [2.05, 4.69) is 4.99 Å². The minimum Gasteiger partial charge on any atom is -0.369 e. The number of carbonyl (C=O) groups excluding carboxylic acids is 3. The lowest BCUT2D eigenvalue weighted by molar-refractivity contribution is -0.126. The fourth-order valence-corrected chi connectivity index (χ4v) is 2.33. The number of rotatable bonds is 1. The van der Waals surface area contributed by atoms with Gasteiger partial charge < -0.3 is 5.73 Å². The van der Waals surface area contributed by atoms with Crippen LogP contribution in [-0.2, 0) is 14.4 Å². The summed E-state index contributed by atoms with van der Waals surface area (Å²) >= 11 is 1.22. The first-order valence-electron chi connectivity index (χ1n) is 4.42. The predicted molar refractivity (Wildman–Crippen MR) is 53.9 cm³/mol. The van der Waals surface area contributed by atoms with Crippen molar-refractivity contribution in [2.45, 2.75) is 6.42 Å². The summed E-state index contributed by atoms with van der Waals surface area (Å²) in [5.41, 5.74) is 5.12. The van der Waals surface area contributed by atoms with E-state index < -0.39 is 11.8 Å². The predicted octanol–water partition coefficient (Wildman–Crippen LogP) is -1.05. The van der Waals surface area contributed by atoms with Crippen molar-refractivity contribution in [2.75, 3.05) is 12.3 Å². The van der Waals surface area contributed by atoms with Crippen LogP contribution >= 0.6 is 11.8 Å². The lowest BCUT2D eigenvalue weighted by Gasteiger charge is -2.13. The second-order valence-electron chi connectivity index (χ2n) is 3.38. The Hall–Kier alpha value is -1.37. The van der Waals surface area contributed by atoms with Gasteiger partial charge in [-0.25, -0.2) is 0 Å². The molecular weight excluding hydrogens is 218 g/mol. The van der Waals surface area contributed by atoms with Crippen LogP contribution in [0.4, 0.5) is 0 Å². The lowest BCUT2D eigenvalue weighted by atomic mass is 10.1. The van der Waals surface area contributed by atoms with E-state index in [9.17, 15) is 14.4 Å². The number of aliphatic imine (C=N–C) groups is 1. The molecule has 3 amide bonds. The standard InChI is InChI=1S/C8H9N3O3S/c9-7(14)4-1-6(13)11(2-4)8-10-5(12)3-15-8/h4H,1-3H2,(H2,9,14). The van der Waals surface area contributed by atoms with Crippen molar-refractivity contribution >= 4 is 34.7 Å². The molecule has 1 unspecified atom stereocenters. The zero-order valence-corrected chi connectivity index (χ0v) is 8.62. The lowest BCUT2D eigenvalue weighted by Crippen LogP contribution is -2.31. The highest BCUT2D eigenvalue weighted by molar-refractivity contribution is 8.14. The summed E-state index contributed by atoms with van der Waals surface area (Å²) in [7, 11) is 0. The number of nitrogens with zero attached hydrogens (tertiary/aromatic N) is 2. The maximum Gasteiger partial charge on any atom is 0.258 e. The molecule has 1 saturated heterocycles. The molecule has 0 aromatic rings. The fourth-order valence-electron chi connectivity index (χ4n) is 1.52. The molecule has 80 valence electrons. The number of primary amides is 1. The minimum absolute atomic E-state index is 0.114. The Morgan fingerprint density at radius 2 is 2.27 bits per heavy atom. The molecule has 6 nitrogen and oxygen atoms in total. The van der Waals surface area contributed by atoms with Crippen molar-refractivity contribution < 1.29 is 14.4 Å². The third kappa shape index (κ3) is 1.87. The molecule has 7 heteroatoms. The van der Waals surface area contributed by atoms with Gasteiger partial charge >= 0.3 is 0 Å². The molecular formula is C8H9N3O3S. The summed E-state index contributed by atoms with van der Waals surface area (Å²) in [6.07, 6.45) is 0.114. The van der Waals surface area contributed by atoms with Gasteiger partial charge in [-0.1, -0.05) is 11.8 Å². The average Bonchev–Trinajstić information content (AvgIpc) is 2.71. The van der Waals surface area contributed by atoms with Gasteiger partial charge in [0, 0.05) is 13.0 Å². The van der Waals surface area contributed by atoms with Crippen molar-refractivity contribution in [3.8, 4) is 0 Å². The largest absolute Gasteiger partial charge is 0.369 e. The molecule has 0 spiro atoms. The molecule has 0 radical (unpaired) electrons. The number of carbonyl (C=O) groups is 3. The summed E-state index contributed by atoms with van der Waals surface area (Å²) < 4.78 is 0. The molecule has 2 rings (SSSR count). The number of hydrogen-bond acceptors (Lipinski definition) is 4. The van der Waals surface area contributed by atoms with E-state index in [4.69, 9.17) is 5.73 Å². The van der Waals surface area contributed by atoms with Crippen LogP contribution in [0.25, 0.3) is 0 Å². The Morgan fingerprint density at radius 1 is 1.53 bits per heavy atom. The van der Waals surface area contributed by atoms with Crippen LogP contribution in [0.3, 0.4) is 0 Å². The quantitative estimate of drug-likeness (QED) is 0.618. The number of nitrogens with two attached hydrogens (primary N) is 1. The van der Waals surface area contributed by atoms with Gasteiger partial charge in [0.2, 0.25) is 11.8 Å². The van der Waals surface area contributed by atoms with Crippen LogP contribution in [0.2, 0.25) is 0 Å². The summed E-state index contributed by atoms with van der Waals surface area (Å²) in [5, 5.41) is 0.397. The highest BCUT2D eigenvalue weighted by Gasteiger charge is 2.37. The third-order valence-electron chi connectivity index (χ3n) is 2.30. The van der Waals surface area contributed by atoms with Gasteiger partial charge in [-0.15, -0.1) is 0 Å². The Balaban J connectivity index is 2.12. The molecule has 0 aromatic carbocycles. The van der Waals surface area contributed by atoms with Crippen molar-refractivity contribution in [1.82, 2.24) is 4.90 Å². The number of amidine groups is 1. The molecule has 0 aromatic heterocycles. The molecule has 0 bridgehead atoms. The topological polar surface area (TPSA) is 92.8 Å². The molecule has 1 fully saturated rings. The molecule has 15 heavy (non-hydrogen) atoms. The number of hydrogen-bond donors (Lipinski definition) is 1. The van der Waals surface area contributed by atoms with Gasteiger partial charge in [0.15, 0.2) is 5.17 Å². The first-order chi connectivity index (χ1) is 7.08. The van der Waals surface area contributed by atoms with Gasteiger partial charge in [0.05, 0.1) is 11.7 Å². The van der Waals surface area contributed by atoms with E-state index >= 15 is 0 Å². The Labute approximate surface area is 89.9 Å². The summed E-state index contributed by atoms with van der Waals surface area (Å²) in [5.74, 6) is -1.12. The molecule has 2 heterocycles. The number of thioether (sulfide) groups is 1. The fraction of sp³-hybridized carbons (Fsp3) is 0.500. The Morgan fingerprint density at radius 3 is 2.73 bits per heavy atom. The van der Waals surface area contributed by atoms with Crippen LogP contribution in [0.15, 0.2) is 4.99 Å². The van der Waals surface area contributed by atoms with E-state index in [0.717, 1.165) is 0 Å². The Bertz CT molecular complexity index is 379. The van der Waals surface area contributed by atoms with Gasteiger partial charge in [0.25, 0.3) is 5.91 Å². The molecule has 0 saturated carbocycles. The normalized spacial score (nSPS) is 26.0. The van der Waals surface area contributed by atoms with Gasteiger partial charge in [-0.05, 0) is 0 Å². The van der Waals surface area contributed by atoms with Crippen molar-refractivity contribution in [3.05, 3.63) is 0 Å². The minimum atomic E-state index is -0.485. The summed E-state index contributed by atoms with van der Waals surface area (Å²) in [6, 6.07) is 0. The SMILES string of the molecule is NC(=O)C1CC(=O)N(C2=NC(=O)CS2)C1. The summed E-state index contributed by atoms with van der Waals surface area (Å²) in [6.45, 7) is 0.243. The maximum absolute atomic E-state index is 11.5. The second-order valence-corrected chi connectivity index (χ2v) is 4.33. The van der Waals surface area contributed by atoms with Crippen molar-refractivity contribution in [2.24, 2.45) is 16.6 Å². The van der Waals surface area contributed by atoms with Gasteiger partial charge in [-0.3, -0.25) is 19.3 Å². The van der Waals surface area contributed by atoms with E-state index in [1.807, 2.05) is 0 Å². The second kappa shape index (κ2) is 3.65. The van der Waals surface area contributed by atoms with E-state index in [1.165, 1.54) is 16.7 Å². The summed E-state index contributed by atoms with van der Waals surface area (Å²) in [4.78, 5) is 38.4. The highest BCUT2D eigenvalue weighted by Crippen LogP contribution is 2.24. The van der Waals surface area contributed by atoms with Crippen LogP contribution < -0.4 is 5.73 Å². The Kier molecular flexibility index (Phi) is 2.47. The zero-order valence-electron chi connectivity index (χ0n) is 7.80. The zero-order chi connectivity index (χ0) is 11.0. The van der Waals surface area contributed by atoms with Crippen LogP contribution in [0.5, 0.6) is 0 Å². The van der Waals surface area contributed by atoms with Gasteiger partial charge in [0.1, 0.15) is 0 Å². The first kappa shape index (κ1) is 10.2. The van der Waals surface area contributed by atoms with E-state index in [-0.39, 0.29) is 30.5 Å².